The van der Waals surface area contributed by atoms with Crippen molar-refractivity contribution in [3.05, 3.63) is 0 Å². The van der Waals surface area contributed by atoms with Crippen LogP contribution in [-0.4, -0.2) is 53.1 Å². The number of rotatable bonds is 5. The van der Waals surface area contributed by atoms with Crippen LogP contribution in [0, 0.1) is 5.92 Å². The maximum atomic E-state index is 12.8. The topological polar surface area (TPSA) is 35.6 Å². The normalized spacial score (nSPS) is 33.0. The summed E-state index contributed by atoms with van der Waals surface area (Å²) >= 11 is 0. The van der Waals surface area contributed by atoms with Crippen LogP contribution in [0.2, 0.25) is 0 Å². The van der Waals surface area contributed by atoms with Crippen LogP contribution in [0.5, 0.6) is 0 Å². The summed E-state index contributed by atoms with van der Waals surface area (Å²) in [6, 6.07) is 0.455. The van der Waals surface area contributed by atoms with Crippen molar-refractivity contribution in [1.82, 2.24) is 15.1 Å². The number of likely N-dealkylation sites (tertiary alicyclic amines) is 1. The fraction of sp³-hybridized carbons (Fsp3) is 0.941. The first kappa shape index (κ1) is 16.8. The maximum absolute atomic E-state index is 12.8. The molecule has 0 aliphatic carbocycles. The summed E-state index contributed by atoms with van der Waals surface area (Å²) in [6.07, 6.45) is 4.99. The predicted molar refractivity (Wildman–Crippen MR) is 87.1 cm³/mol. The Kier molecular flexibility index (Phi) is 5.31. The highest BCUT2D eigenvalue weighted by Crippen LogP contribution is 2.28. The Bertz CT molecular complexity index is 365. The largest absolute Gasteiger partial charge is 0.324 e. The molecule has 2 fully saturated rings. The van der Waals surface area contributed by atoms with E-state index in [0.29, 0.717) is 12.0 Å². The molecule has 4 nitrogen and oxygen atoms in total. The standard InChI is InChI=1S/C17H33N3O/c1-6-17(5)16(21)20(15(18-17)13(2)3)12-14(4)19-10-8-7-9-11-19/h13-15,18H,6-12H2,1-5H3. The van der Waals surface area contributed by atoms with Gasteiger partial charge in [-0.2, -0.15) is 0 Å². The van der Waals surface area contributed by atoms with Gasteiger partial charge in [0.1, 0.15) is 0 Å². The first-order valence-electron chi connectivity index (χ1n) is 8.72. The fourth-order valence-corrected chi connectivity index (χ4v) is 3.64. The molecular formula is C17H33N3O. The van der Waals surface area contributed by atoms with E-state index >= 15 is 0 Å². The molecule has 2 saturated heterocycles. The van der Waals surface area contributed by atoms with Crippen LogP contribution in [0.4, 0.5) is 0 Å². The summed E-state index contributed by atoms with van der Waals surface area (Å²) in [4.78, 5) is 17.5. The Morgan fingerprint density at radius 1 is 1.24 bits per heavy atom. The molecule has 0 aromatic heterocycles. The minimum Gasteiger partial charge on any atom is -0.324 e. The zero-order valence-corrected chi connectivity index (χ0v) is 14.5. The second-order valence-electron chi connectivity index (χ2n) is 7.42. The van der Waals surface area contributed by atoms with Gasteiger partial charge in [0.05, 0.1) is 11.7 Å². The number of piperidine rings is 1. The third-order valence-electron chi connectivity index (χ3n) is 5.35. The fourth-order valence-electron chi connectivity index (χ4n) is 3.64. The average Bonchev–Trinajstić information content (AvgIpc) is 2.74. The minimum atomic E-state index is -0.378. The zero-order valence-electron chi connectivity index (χ0n) is 14.5. The molecule has 0 radical (unpaired) electrons. The molecule has 122 valence electrons. The third kappa shape index (κ3) is 3.42. The number of hydrogen-bond acceptors (Lipinski definition) is 3. The molecule has 0 spiro atoms. The van der Waals surface area contributed by atoms with Gasteiger partial charge in [0.2, 0.25) is 5.91 Å². The van der Waals surface area contributed by atoms with Crippen molar-refractivity contribution >= 4 is 5.91 Å². The molecule has 0 aromatic carbocycles. The Labute approximate surface area is 130 Å². The van der Waals surface area contributed by atoms with Crippen LogP contribution in [0.15, 0.2) is 0 Å². The van der Waals surface area contributed by atoms with Crippen LogP contribution in [-0.2, 0) is 4.79 Å². The van der Waals surface area contributed by atoms with Gasteiger partial charge in [0.15, 0.2) is 0 Å². The predicted octanol–water partition coefficient (Wildman–Crippen LogP) is 2.44. The molecule has 1 amide bonds. The molecule has 2 aliphatic rings. The lowest BCUT2D eigenvalue weighted by molar-refractivity contribution is -0.134. The van der Waals surface area contributed by atoms with Crippen molar-refractivity contribution in [2.75, 3.05) is 19.6 Å². The van der Waals surface area contributed by atoms with Crippen LogP contribution in [0.3, 0.4) is 0 Å². The van der Waals surface area contributed by atoms with Crippen LogP contribution in [0.1, 0.15) is 60.3 Å². The van der Waals surface area contributed by atoms with Gasteiger partial charge in [0, 0.05) is 12.6 Å². The molecule has 4 heteroatoms. The van der Waals surface area contributed by atoms with E-state index in [1.807, 2.05) is 0 Å². The van der Waals surface area contributed by atoms with Gasteiger partial charge < -0.3 is 4.90 Å². The van der Waals surface area contributed by atoms with E-state index in [-0.39, 0.29) is 17.6 Å². The van der Waals surface area contributed by atoms with Gasteiger partial charge in [-0.05, 0) is 52.1 Å². The third-order valence-corrected chi connectivity index (χ3v) is 5.35. The van der Waals surface area contributed by atoms with E-state index in [9.17, 15) is 4.79 Å². The van der Waals surface area contributed by atoms with E-state index in [1.165, 1.54) is 32.4 Å². The molecule has 21 heavy (non-hydrogen) atoms. The maximum Gasteiger partial charge on any atom is 0.243 e. The lowest BCUT2D eigenvalue weighted by Gasteiger charge is -2.37. The Morgan fingerprint density at radius 3 is 2.38 bits per heavy atom. The van der Waals surface area contributed by atoms with Crippen molar-refractivity contribution in [3.8, 4) is 0 Å². The molecule has 0 bridgehead atoms. The summed E-state index contributed by atoms with van der Waals surface area (Å²) in [6.45, 7) is 14.1. The molecule has 0 saturated carbocycles. The summed E-state index contributed by atoms with van der Waals surface area (Å²) in [5.41, 5.74) is -0.378. The molecule has 0 aromatic rings. The molecule has 1 N–H and O–H groups in total. The summed E-state index contributed by atoms with van der Waals surface area (Å²) in [5.74, 6) is 0.725. The molecular weight excluding hydrogens is 262 g/mol. The number of nitrogens with one attached hydrogen (secondary N) is 1. The van der Waals surface area contributed by atoms with Crippen LogP contribution < -0.4 is 5.32 Å². The van der Waals surface area contributed by atoms with E-state index < -0.39 is 0 Å². The summed E-state index contributed by atoms with van der Waals surface area (Å²) in [5, 5.41) is 3.58. The van der Waals surface area contributed by atoms with Gasteiger partial charge in [0.25, 0.3) is 0 Å². The highest BCUT2D eigenvalue weighted by molar-refractivity contribution is 5.88. The molecule has 2 aliphatic heterocycles. The van der Waals surface area contributed by atoms with Gasteiger partial charge in [-0.3, -0.25) is 15.0 Å². The number of amides is 1. The highest BCUT2D eigenvalue weighted by atomic mass is 16.2. The Balaban J connectivity index is 2.06. The van der Waals surface area contributed by atoms with E-state index in [2.05, 4.69) is 49.7 Å². The first-order chi connectivity index (χ1) is 9.89. The zero-order chi connectivity index (χ0) is 15.6. The van der Waals surface area contributed by atoms with Crippen molar-refractivity contribution in [2.45, 2.75) is 78.0 Å². The lowest BCUT2D eigenvalue weighted by Crippen LogP contribution is -2.49. The van der Waals surface area contributed by atoms with Crippen molar-refractivity contribution in [1.29, 1.82) is 0 Å². The molecule has 2 rings (SSSR count). The number of carbonyl (C=O) groups is 1. The second kappa shape index (κ2) is 6.66. The van der Waals surface area contributed by atoms with E-state index in [1.54, 1.807) is 0 Å². The second-order valence-corrected chi connectivity index (χ2v) is 7.42. The van der Waals surface area contributed by atoms with Crippen molar-refractivity contribution in [2.24, 2.45) is 5.92 Å². The molecule has 3 unspecified atom stereocenters. The minimum absolute atomic E-state index is 0.176. The first-order valence-corrected chi connectivity index (χ1v) is 8.72. The van der Waals surface area contributed by atoms with Crippen molar-refractivity contribution < 1.29 is 4.79 Å². The number of carbonyl (C=O) groups excluding carboxylic acids is 1. The number of hydrogen-bond donors (Lipinski definition) is 1. The molecule has 3 atom stereocenters. The summed E-state index contributed by atoms with van der Waals surface area (Å²) in [7, 11) is 0. The van der Waals surface area contributed by atoms with Gasteiger partial charge in [-0.25, -0.2) is 0 Å². The van der Waals surface area contributed by atoms with E-state index in [4.69, 9.17) is 0 Å². The molecule has 2 heterocycles. The van der Waals surface area contributed by atoms with Crippen LogP contribution >= 0.6 is 0 Å². The summed E-state index contributed by atoms with van der Waals surface area (Å²) < 4.78 is 0. The van der Waals surface area contributed by atoms with Gasteiger partial charge >= 0.3 is 0 Å². The van der Waals surface area contributed by atoms with Crippen LogP contribution in [0.25, 0.3) is 0 Å². The quantitative estimate of drug-likeness (QED) is 0.846. The smallest absolute Gasteiger partial charge is 0.243 e. The highest BCUT2D eigenvalue weighted by Gasteiger charge is 2.47. The van der Waals surface area contributed by atoms with Gasteiger partial charge in [-0.1, -0.05) is 27.2 Å². The van der Waals surface area contributed by atoms with E-state index in [0.717, 1.165) is 13.0 Å². The lowest BCUT2D eigenvalue weighted by atomic mass is 9.99. The monoisotopic (exact) mass is 295 g/mol. The van der Waals surface area contributed by atoms with Gasteiger partial charge in [-0.15, -0.1) is 0 Å². The Hall–Kier alpha value is -0.610. The SMILES string of the molecule is CCC1(C)NC(C(C)C)N(CC(C)N2CCCCC2)C1=O. The number of nitrogens with zero attached hydrogens (tertiary/aromatic N) is 2. The Morgan fingerprint density at radius 2 is 1.86 bits per heavy atom. The average molecular weight is 295 g/mol. The van der Waals surface area contributed by atoms with Crippen molar-refractivity contribution in [3.63, 3.8) is 0 Å².